The van der Waals surface area contributed by atoms with Gasteiger partial charge in [-0.1, -0.05) is 41.4 Å². The number of nitrogens with zero attached hydrogens (tertiary/aromatic N) is 4. The summed E-state index contributed by atoms with van der Waals surface area (Å²) in [7, 11) is 0. The Balaban J connectivity index is 1.76. The van der Waals surface area contributed by atoms with E-state index in [4.69, 9.17) is 23.2 Å². The van der Waals surface area contributed by atoms with Crippen LogP contribution in [-0.4, -0.2) is 26.1 Å². The lowest BCUT2D eigenvalue weighted by Gasteiger charge is -2.07. The van der Waals surface area contributed by atoms with Gasteiger partial charge in [-0.2, -0.15) is 4.68 Å². The minimum atomic E-state index is -0.347. The van der Waals surface area contributed by atoms with Gasteiger partial charge in [-0.25, -0.2) is 0 Å². The van der Waals surface area contributed by atoms with Crippen LogP contribution < -0.4 is 5.32 Å². The third kappa shape index (κ3) is 3.49. The van der Waals surface area contributed by atoms with Gasteiger partial charge >= 0.3 is 0 Å². The second kappa shape index (κ2) is 6.76. The number of hydrogen-bond acceptors (Lipinski definition) is 4. The van der Waals surface area contributed by atoms with Crippen molar-refractivity contribution in [3.8, 4) is 5.69 Å². The molecule has 0 aliphatic rings. The van der Waals surface area contributed by atoms with E-state index in [2.05, 4.69) is 20.8 Å². The standard InChI is InChI=1S/C15H11Cl2N5O/c16-10-6-7-13(17)12(8-10)15(23)18-9-14-19-20-21-22(14)11-4-2-1-3-5-11/h1-8H,9H2,(H,18,23). The van der Waals surface area contributed by atoms with E-state index in [-0.39, 0.29) is 12.5 Å². The van der Waals surface area contributed by atoms with Crippen LogP contribution in [0.1, 0.15) is 16.2 Å². The number of tetrazole rings is 1. The van der Waals surface area contributed by atoms with Crippen molar-refractivity contribution in [3.05, 3.63) is 70.0 Å². The molecule has 0 saturated carbocycles. The molecule has 0 aliphatic heterocycles. The molecule has 23 heavy (non-hydrogen) atoms. The lowest BCUT2D eigenvalue weighted by atomic mass is 10.2. The molecule has 0 spiro atoms. The van der Waals surface area contributed by atoms with Gasteiger partial charge in [0.25, 0.3) is 5.91 Å². The fourth-order valence-corrected chi connectivity index (χ4v) is 2.39. The number of amides is 1. The summed E-state index contributed by atoms with van der Waals surface area (Å²) >= 11 is 11.9. The first-order chi connectivity index (χ1) is 11.1. The summed E-state index contributed by atoms with van der Waals surface area (Å²) in [6.07, 6.45) is 0. The Bertz CT molecular complexity index is 835. The monoisotopic (exact) mass is 347 g/mol. The summed E-state index contributed by atoms with van der Waals surface area (Å²) in [6, 6.07) is 14.1. The van der Waals surface area contributed by atoms with Crippen LogP contribution in [0.5, 0.6) is 0 Å². The van der Waals surface area contributed by atoms with Crippen molar-refractivity contribution in [1.29, 1.82) is 0 Å². The van der Waals surface area contributed by atoms with E-state index < -0.39 is 0 Å². The number of rotatable bonds is 4. The highest BCUT2D eigenvalue weighted by Gasteiger charge is 2.13. The summed E-state index contributed by atoms with van der Waals surface area (Å²) in [5, 5.41) is 15.0. The fourth-order valence-electron chi connectivity index (χ4n) is 2.01. The van der Waals surface area contributed by atoms with E-state index in [1.807, 2.05) is 30.3 Å². The average molecular weight is 348 g/mol. The van der Waals surface area contributed by atoms with Gasteiger partial charge in [-0.05, 0) is 40.8 Å². The SMILES string of the molecule is O=C(NCc1nnnn1-c1ccccc1)c1cc(Cl)ccc1Cl. The maximum atomic E-state index is 12.2. The minimum absolute atomic E-state index is 0.156. The van der Waals surface area contributed by atoms with Crippen LogP contribution in [0.2, 0.25) is 10.0 Å². The maximum absolute atomic E-state index is 12.2. The molecule has 0 radical (unpaired) electrons. The zero-order valence-electron chi connectivity index (χ0n) is 11.8. The Morgan fingerprint density at radius 1 is 1.13 bits per heavy atom. The Labute approximate surface area is 142 Å². The molecule has 0 bridgehead atoms. The molecule has 3 aromatic rings. The fraction of sp³-hybridized carbons (Fsp3) is 0.0667. The van der Waals surface area contributed by atoms with Gasteiger partial charge in [0.15, 0.2) is 5.82 Å². The molecular weight excluding hydrogens is 337 g/mol. The highest BCUT2D eigenvalue weighted by atomic mass is 35.5. The van der Waals surface area contributed by atoms with Gasteiger partial charge in [0.2, 0.25) is 0 Å². The first kappa shape index (κ1) is 15.5. The van der Waals surface area contributed by atoms with Crippen LogP contribution in [0.3, 0.4) is 0 Å². The number of hydrogen-bond donors (Lipinski definition) is 1. The molecule has 6 nitrogen and oxygen atoms in total. The van der Waals surface area contributed by atoms with Crippen LogP contribution in [0, 0.1) is 0 Å². The molecule has 0 aliphatic carbocycles. The molecular formula is C15H11Cl2N5O. The van der Waals surface area contributed by atoms with Crippen LogP contribution in [-0.2, 0) is 6.54 Å². The van der Waals surface area contributed by atoms with Crippen molar-refractivity contribution < 1.29 is 4.79 Å². The van der Waals surface area contributed by atoms with E-state index in [1.54, 1.807) is 16.8 Å². The largest absolute Gasteiger partial charge is 0.345 e. The third-order valence-corrected chi connectivity index (χ3v) is 3.68. The molecule has 0 saturated heterocycles. The van der Waals surface area contributed by atoms with E-state index in [9.17, 15) is 4.79 Å². The lowest BCUT2D eigenvalue weighted by molar-refractivity contribution is 0.0950. The predicted octanol–water partition coefficient (Wildman–Crippen LogP) is 2.90. The number of benzene rings is 2. The molecule has 1 aromatic heterocycles. The summed E-state index contributed by atoms with van der Waals surface area (Å²) < 4.78 is 1.56. The Hall–Kier alpha value is -2.44. The Kier molecular flexibility index (Phi) is 4.55. The number of halogens is 2. The highest BCUT2D eigenvalue weighted by Crippen LogP contribution is 2.20. The van der Waals surface area contributed by atoms with Crippen LogP contribution in [0.15, 0.2) is 48.5 Å². The number of aromatic nitrogens is 4. The third-order valence-electron chi connectivity index (χ3n) is 3.11. The summed E-state index contributed by atoms with van der Waals surface area (Å²) in [5.41, 5.74) is 1.11. The predicted molar refractivity (Wildman–Crippen MR) is 86.8 cm³/mol. The van der Waals surface area contributed by atoms with Gasteiger partial charge in [-0.3, -0.25) is 4.79 Å². The quantitative estimate of drug-likeness (QED) is 0.787. The van der Waals surface area contributed by atoms with Gasteiger partial charge in [0.05, 0.1) is 22.8 Å². The van der Waals surface area contributed by atoms with Crippen molar-refractivity contribution in [2.75, 3.05) is 0 Å². The van der Waals surface area contributed by atoms with Gasteiger partial charge in [-0.15, -0.1) is 5.10 Å². The summed E-state index contributed by atoms with van der Waals surface area (Å²) in [4.78, 5) is 12.2. The van der Waals surface area contributed by atoms with Crippen molar-refractivity contribution in [3.63, 3.8) is 0 Å². The number of para-hydroxylation sites is 1. The van der Waals surface area contributed by atoms with Crippen LogP contribution in [0.4, 0.5) is 0 Å². The molecule has 1 heterocycles. The zero-order chi connectivity index (χ0) is 16.2. The Morgan fingerprint density at radius 3 is 2.70 bits per heavy atom. The molecule has 2 aromatic carbocycles. The van der Waals surface area contributed by atoms with Crippen molar-refractivity contribution in [2.24, 2.45) is 0 Å². The molecule has 0 atom stereocenters. The molecule has 3 rings (SSSR count). The number of carbonyl (C=O) groups is 1. The first-order valence-electron chi connectivity index (χ1n) is 6.71. The molecule has 1 N–H and O–H groups in total. The molecule has 0 unspecified atom stereocenters. The molecule has 8 heteroatoms. The molecule has 1 amide bonds. The van der Waals surface area contributed by atoms with E-state index >= 15 is 0 Å². The smallest absolute Gasteiger partial charge is 0.253 e. The van der Waals surface area contributed by atoms with Gasteiger partial charge in [0, 0.05) is 5.02 Å². The second-order valence-corrected chi connectivity index (χ2v) is 5.49. The van der Waals surface area contributed by atoms with E-state index in [1.165, 1.54) is 6.07 Å². The van der Waals surface area contributed by atoms with Crippen molar-refractivity contribution >= 4 is 29.1 Å². The van der Waals surface area contributed by atoms with Gasteiger partial charge in [0.1, 0.15) is 0 Å². The van der Waals surface area contributed by atoms with Crippen molar-refractivity contribution in [2.45, 2.75) is 6.54 Å². The topological polar surface area (TPSA) is 72.7 Å². The lowest BCUT2D eigenvalue weighted by Crippen LogP contribution is -2.25. The second-order valence-electron chi connectivity index (χ2n) is 4.65. The van der Waals surface area contributed by atoms with E-state index in [0.29, 0.717) is 21.4 Å². The normalized spacial score (nSPS) is 10.5. The highest BCUT2D eigenvalue weighted by molar-refractivity contribution is 6.35. The Morgan fingerprint density at radius 2 is 1.91 bits per heavy atom. The minimum Gasteiger partial charge on any atom is -0.345 e. The van der Waals surface area contributed by atoms with E-state index in [0.717, 1.165) is 5.69 Å². The number of nitrogens with one attached hydrogen (secondary N) is 1. The summed E-state index contributed by atoms with van der Waals surface area (Å²) in [5.74, 6) is 0.155. The average Bonchev–Trinajstić information content (AvgIpc) is 3.04. The van der Waals surface area contributed by atoms with Crippen LogP contribution >= 0.6 is 23.2 Å². The molecule has 116 valence electrons. The zero-order valence-corrected chi connectivity index (χ0v) is 13.3. The molecule has 0 fully saturated rings. The first-order valence-corrected chi connectivity index (χ1v) is 7.46. The number of carbonyl (C=O) groups excluding carboxylic acids is 1. The van der Waals surface area contributed by atoms with Crippen molar-refractivity contribution in [1.82, 2.24) is 25.5 Å². The summed E-state index contributed by atoms with van der Waals surface area (Å²) in [6.45, 7) is 0.156. The maximum Gasteiger partial charge on any atom is 0.253 e. The van der Waals surface area contributed by atoms with Gasteiger partial charge < -0.3 is 5.32 Å². The van der Waals surface area contributed by atoms with Crippen LogP contribution in [0.25, 0.3) is 5.69 Å².